The Morgan fingerprint density at radius 2 is 1.63 bits per heavy atom. The lowest BCUT2D eigenvalue weighted by Gasteiger charge is -2.42. The topological polar surface area (TPSA) is 113 Å². The van der Waals surface area contributed by atoms with Crippen molar-refractivity contribution in [2.24, 2.45) is 22.7 Å². The highest BCUT2D eigenvalue weighted by atomic mass is 32.2. The number of ether oxygens (including phenoxy) is 5. The Hall–Kier alpha value is -0.860. The SMILES string of the molecule is CCC[C@@]12CS(=O)(=O)N(C(=O)[C@H]3CC(C(C)C)N(C4OC([C@H]5COC(C)(C)O5)C5OC(C)(C)OC54)O3)C1CC(C)C2(C)C. The van der Waals surface area contributed by atoms with E-state index in [2.05, 4.69) is 41.5 Å². The number of nitrogens with zero attached hydrogens (tertiary/aromatic N) is 2. The summed E-state index contributed by atoms with van der Waals surface area (Å²) in [6.07, 6.45) is -0.721. The van der Waals surface area contributed by atoms with Gasteiger partial charge in [0, 0.05) is 17.9 Å². The lowest BCUT2D eigenvalue weighted by Crippen LogP contribution is -2.49. The minimum atomic E-state index is -3.81. The number of hydroxylamine groups is 2. The van der Waals surface area contributed by atoms with Gasteiger partial charge in [-0.2, -0.15) is 5.06 Å². The van der Waals surface area contributed by atoms with Crippen molar-refractivity contribution in [1.82, 2.24) is 9.37 Å². The molecule has 0 aromatic rings. The molecule has 1 saturated carbocycles. The Balaban J connectivity index is 1.28. The molecule has 11 nitrogen and oxygen atoms in total. The molecule has 6 rings (SSSR count). The normalized spacial score (nSPS) is 46.1. The van der Waals surface area contributed by atoms with E-state index in [0.29, 0.717) is 19.4 Å². The monoisotopic (exact) mass is 628 g/mol. The molecule has 0 bridgehead atoms. The molecule has 6 fully saturated rings. The summed E-state index contributed by atoms with van der Waals surface area (Å²) in [4.78, 5) is 20.8. The highest BCUT2D eigenvalue weighted by Crippen LogP contribution is 2.64. The molecule has 0 radical (unpaired) electrons. The number of hydrogen-bond donors (Lipinski definition) is 0. The van der Waals surface area contributed by atoms with Gasteiger partial charge in [-0.25, -0.2) is 12.7 Å². The molecule has 7 unspecified atom stereocenters. The summed E-state index contributed by atoms with van der Waals surface area (Å²) in [5.74, 6) is -1.66. The second kappa shape index (κ2) is 10.3. The van der Waals surface area contributed by atoms with Crippen molar-refractivity contribution in [3.63, 3.8) is 0 Å². The van der Waals surface area contributed by atoms with Crippen LogP contribution in [0.25, 0.3) is 0 Å². The highest BCUT2D eigenvalue weighted by Gasteiger charge is 2.69. The number of carbonyl (C=O) groups excluding carboxylic acids is 1. The fourth-order valence-corrected chi connectivity index (χ4v) is 11.5. The van der Waals surface area contributed by atoms with E-state index in [1.807, 2.05) is 27.7 Å². The third kappa shape index (κ3) is 4.92. The van der Waals surface area contributed by atoms with E-state index in [-0.39, 0.29) is 41.2 Å². The first-order valence-electron chi connectivity index (χ1n) is 16.2. The van der Waals surface area contributed by atoms with Gasteiger partial charge >= 0.3 is 0 Å². The molecule has 10 atom stereocenters. The number of fused-ring (bicyclic) bond motifs is 2. The first-order chi connectivity index (χ1) is 19.8. The fourth-order valence-electron chi connectivity index (χ4n) is 8.95. The molecule has 0 N–H and O–H groups in total. The third-order valence-corrected chi connectivity index (χ3v) is 13.4. The Bertz CT molecular complexity index is 1220. The molecule has 0 aromatic heterocycles. The number of rotatable bonds is 6. The van der Waals surface area contributed by atoms with Crippen LogP contribution in [0.5, 0.6) is 0 Å². The van der Waals surface area contributed by atoms with Crippen molar-refractivity contribution in [2.45, 2.75) is 155 Å². The lowest BCUT2D eigenvalue weighted by atomic mass is 9.63. The van der Waals surface area contributed by atoms with Gasteiger partial charge in [0.2, 0.25) is 10.0 Å². The van der Waals surface area contributed by atoms with Gasteiger partial charge < -0.3 is 23.7 Å². The first kappa shape index (κ1) is 32.1. The van der Waals surface area contributed by atoms with E-state index in [4.69, 9.17) is 28.5 Å². The molecule has 1 amide bonds. The van der Waals surface area contributed by atoms with Crippen LogP contribution >= 0.6 is 0 Å². The van der Waals surface area contributed by atoms with Gasteiger partial charge in [-0.1, -0.05) is 48.0 Å². The number of amides is 1. The van der Waals surface area contributed by atoms with E-state index >= 15 is 0 Å². The van der Waals surface area contributed by atoms with Crippen LogP contribution in [0.15, 0.2) is 0 Å². The van der Waals surface area contributed by atoms with Crippen LogP contribution in [0.4, 0.5) is 0 Å². The van der Waals surface area contributed by atoms with Crippen LogP contribution in [0.1, 0.15) is 94.9 Å². The van der Waals surface area contributed by atoms with Crippen LogP contribution in [0.2, 0.25) is 0 Å². The second-order valence-electron chi connectivity index (χ2n) is 15.6. The molecule has 246 valence electrons. The van der Waals surface area contributed by atoms with Crippen molar-refractivity contribution in [1.29, 1.82) is 0 Å². The number of hydrogen-bond acceptors (Lipinski definition) is 10. The van der Waals surface area contributed by atoms with E-state index < -0.39 is 63.6 Å². The Labute approximate surface area is 257 Å². The van der Waals surface area contributed by atoms with Gasteiger partial charge in [0.1, 0.15) is 24.4 Å². The van der Waals surface area contributed by atoms with Gasteiger partial charge in [-0.3, -0.25) is 9.63 Å². The minimum Gasteiger partial charge on any atom is -0.349 e. The van der Waals surface area contributed by atoms with Crippen LogP contribution < -0.4 is 0 Å². The summed E-state index contributed by atoms with van der Waals surface area (Å²) < 4.78 is 60.2. The zero-order chi connectivity index (χ0) is 31.5. The van der Waals surface area contributed by atoms with Crippen LogP contribution in [0.3, 0.4) is 0 Å². The fraction of sp³-hybridized carbons (Fsp3) is 0.968. The van der Waals surface area contributed by atoms with Crippen LogP contribution in [-0.2, 0) is 43.3 Å². The molecule has 43 heavy (non-hydrogen) atoms. The lowest BCUT2D eigenvalue weighted by molar-refractivity contribution is -0.292. The number of sulfonamides is 1. The molecule has 5 heterocycles. The van der Waals surface area contributed by atoms with E-state index in [0.717, 1.165) is 12.8 Å². The summed E-state index contributed by atoms with van der Waals surface area (Å²) >= 11 is 0. The molecule has 5 aliphatic heterocycles. The second-order valence-corrected chi connectivity index (χ2v) is 17.4. The standard InChI is InChI=1S/C31H52N2O9S/c1-11-12-31-16-43(35,36)33(22(31)13-18(4)28(31,5)6)26(34)20-14-19(17(2)3)32(42-20)27-25-24(40-30(9,10)41-25)23(38-27)21-15-37-29(7,8)39-21/h17-25,27H,11-16H2,1-10H3/t18?,19?,20-,21-,22?,23?,24?,25?,27?,31-/m1/s1. The van der Waals surface area contributed by atoms with Crippen LogP contribution in [0, 0.1) is 22.7 Å². The maximum Gasteiger partial charge on any atom is 0.267 e. The molecule has 5 saturated heterocycles. The van der Waals surface area contributed by atoms with Crippen LogP contribution in [-0.4, -0.2) is 96.5 Å². The molecule has 12 heteroatoms. The summed E-state index contributed by atoms with van der Waals surface area (Å²) in [6, 6.07) is -0.565. The smallest absolute Gasteiger partial charge is 0.267 e. The van der Waals surface area contributed by atoms with Crippen molar-refractivity contribution in [2.75, 3.05) is 12.4 Å². The Morgan fingerprint density at radius 1 is 0.953 bits per heavy atom. The van der Waals surface area contributed by atoms with Gasteiger partial charge in [0.05, 0.1) is 18.4 Å². The molecule has 1 aliphatic carbocycles. The molecule has 0 aromatic carbocycles. The highest BCUT2D eigenvalue weighted by molar-refractivity contribution is 7.90. The quantitative estimate of drug-likeness (QED) is 0.430. The van der Waals surface area contributed by atoms with Crippen molar-refractivity contribution in [3.05, 3.63) is 0 Å². The average molecular weight is 629 g/mol. The zero-order valence-corrected chi connectivity index (χ0v) is 28.3. The van der Waals surface area contributed by atoms with Crippen molar-refractivity contribution < 1.29 is 41.7 Å². The summed E-state index contributed by atoms with van der Waals surface area (Å²) in [5, 5.41) is 1.75. The third-order valence-electron chi connectivity index (χ3n) is 11.5. The number of carbonyl (C=O) groups is 1. The molecule has 6 aliphatic rings. The van der Waals surface area contributed by atoms with Gasteiger partial charge in [-0.15, -0.1) is 0 Å². The van der Waals surface area contributed by atoms with E-state index in [9.17, 15) is 13.2 Å². The maximum atomic E-state index is 14.3. The summed E-state index contributed by atoms with van der Waals surface area (Å²) in [7, 11) is -3.81. The average Bonchev–Trinajstić information content (AvgIpc) is 3.67. The Kier molecular flexibility index (Phi) is 7.70. The first-order valence-corrected chi connectivity index (χ1v) is 17.8. The molecular weight excluding hydrogens is 576 g/mol. The predicted octanol–water partition coefficient (Wildman–Crippen LogP) is 3.81. The molecule has 0 spiro atoms. The largest absolute Gasteiger partial charge is 0.349 e. The summed E-state index contributed by atoms with van der Waals surface area (Å²) in [6.45, 7) is 20.6. The molecular formula is C31H52N2O9S. The predicted molar refractivity (Wildman–Crippen MR) is 157 cm³/mol. The zero-order valence-electron chi connectivity index (χ0n) is 27.5. The maximum absolute atomic E-state index is 14.3. The summed E-state index contributed by atoms with van der Waals surface area (Å²) in [5.41, 5.74) is -0.689. The van der Waals surface area contributed by atoms with E-state index in [1.54, 1.807) is 5.06 Å². The van der Waals surface area contributed by atoms with Gasteiger partial charge in [0.15, 0.2) is 23.9 Å². The van der Waals surface area contributed by atoms with Crippen molar-refractivity contribution in [3.8, 4) is 0 Å². The van der Waals surface area contributed by atoms with E-state index in [1.165, 1.54) is 4.31 Å². The van der Waals surface area contributed by atoms with Gasteiger partial charge in [0.25, 0.3) is 5.91 Å². The van der Waals surface area contributed by atoms with Crippen molar-refractivity contribution >= 4 is 15.9 Å². The van der Waals surface area contributed by atoms with Gasteiger partial charge in [-0.05, 0) is 57.8 Å². The Morgan fingerprint density at radius 3 is 2.23 bits per heavy atom. The minimum absolute atomic E-state index is 0.00285.